The Labute approximate surface area is 87.8 Å². The minimum Gasteiger partial charge on any atom is -0.330 e. The zero-order valence-corrected chi connectivity index (χ0v) is 9.68. The van der Waals surface area contributed by atoms with Gasteiger partial charge in [0.1, 0.15) is 0 Å². The first-order chi connectivity index (χ1) is 6.55. The lowest BCUT2D eigenvalue weighted by Crippen LogP contribution is -2.46. The van der Waals surface area contributed by atoms with Gasteiger partial charge in [-0.05, 0) is 43.2 Å². The van der Waals surface area contributed by atoms with Gasteiger partial charge in [-0.1, -0.05) is 20.3 Å². The predicted molar refractivity (Wildman–Crippen MR) is 60.2 cm³/mol. The van der Waals surface area contributed by atoms with Gasteiger partial charge in [-0.3, -0.25) is 0 Å². The van der Waals surface area contributed by atoms with E-state index in [2.05, 4.69) is 18.7 Å². The molecule has 0 radical (unpaired) electrons. The molecule has 2 fully saturated rings. The summed E-state index contributed by atoms with van der Waals surface area (Å²) in [4.78, 5) is 2.63. The van der Waals surface area contributed by atoms with Crippen LogP contribution in [-0.2, 0) is 0 Å². The second kappa shape index (κ2) is 3.49. The lowest BCUT2D eigenvalue weighted by molar-refractivity contribution is 0.0822. The highest BCUT2D eigenvalue weighted by Gasteiger charge is 2.39. The summed E-state index contributed by atoms with van der Waals surface area (Å²) in [6, 6.07) is 0. The van der Waals surface area contributed by atoms with Crippen LogP contribution in [0.2, 0.25) is 0 Å². The maximum absolute atomic E-state index is 5.89. The highest BCUT2D eigenvalue weighted by molar-refractivity contribution is 4.94. The maximum Gasteiger partial charge on any atom is 0.00503 e. The smallest absolute Gasteiger partial charge is 0.00503 e. The average molecular weight is 196 g/mol. The average Bonchev–Trinajstić information content (AvgIpc) is 2.38. The monoisotopic (exact) mass is 196 g/mol. The first kappa shape index (κ1) is 10.4. The van der Waals surface area contributed by atoms with E-state index in [4.69, 9.17) is 5.73 Å². The van der Waals surface area contributed by atoms with Crippen LogP contribution in [-0.4, -0.2) is 31.1 Å². The number of nitrogens with zero attached hydrogens (tertiary/aromatic N) is 1. The summed E-state index contributed by atoms with van der Waals surface area (Å²) in [6.45, 7) is 9.46. The fourth-order valence-corrected chi connectivity index (χ4v) is 2.94. The molecule has 0 amide bonds. The molecule has 0 spiro atoms. The molecule has 2 nitrogen and oxygen atoms in total. The summed E-state index contributed by atoms with van der Waals surface area (Å²) in [5.41, 5.74) is 6.93. The molecule has 14 heavy (non-hydrogen) atoms. The van der Waals surface area contributed by atoms with Gasteiger partial charge in [-0.2, -0.15) is 0 Å². The quantitative estimate of drug-likeness (QED) is 0.746. The number of likely N-dealkylation sites (tertiary alicyclic amines) is 1. The summed E-state index contributed by atoms with van der Waals surface area (Å²) < 4.78 is 0. The lowest BCUT2D eigenvalue weighted by Gasteiger charge is -2.43. The van der Waals surface area contributed by atoms with Crippen LogP contribution in [0.1, 0.15) is 39.5 Å². The lowest BCUT2D eigenvalue weighted by atomic mass is 9.68. The molecule has 0 aromatic rings. The van der Waals surface area contributed by atoms with E-state index < -0.39 is 0 Å². The zero-order valence-electron chi connectivity index (χ0n) is 9.68. The molecule has 0 bridgehead atoms. The molecule has 0 aromatic carbocycles. The molecule has 1 aliphatic carbocycles. The van der Waals surface area contributed by atoms with Crippen LogP contribution in [0, 0.1) is 10.8 Å². The van der Waals surface area contributed by atoms with E-state index in [0.717, 1.165) is 6.54 Å². The van der Waals surface area contributed by atoms with Gasteiger partial charge in [0.15, 0.2) is 0 Å². The molecule has 2 aliphatic rings. The van der Waals surface area contributed by atoms with Gasteiger partial charge >= 0.3 is 0 Å². The molecule has 0 atom stereocenters. The number of hydrogen-bond acceptors (Lipinski definition) is 2. The van der Waals surface area contributed by atoms with Crippen LogP contribution < -0.4 is 5.73 Å². The van der Waals surface area contributed by atoms with Crippen molar-refractivity contribution in [3.63, 3.8) is 0 Å². The highest BCUT2D eigenvalue weighted by Crippen LogP contribution is 2.42. The topological polar surface area (TPSA) is 29.3 Å². The van der Waals surface area contributed by atoms with E-state index in [0.29, 0.717) is 10.8 Å². The summed E-state index contributed by atoms with van der Waals surface area (Å²) in [5.74, 6) is 0. The van der Waals surface area contributed by atoms with Gasteiger partial charge in [0.2, 0.25) is 0 Å². The molecule has 1 aliphatic heterocycles. The van der Waals surface area contributed by atoms with Crippen molar-refractivity contribution in [2.75, 3.05) is 26.2 Å². The van der Waals surface area contributed by atoms with Crippen molar-refractivity contribution >= 4 is 0 Å². The molecular formula is C12H24N2. The Morgan fingerprint density at radius 1 is 1.21 bits per heavy atom. The Kier molecular flexibility index (Phi) is 2.61. The van der Waals surface area contributed by atoms with E-state index in [1.54, 1.807) is 0 Å². The molecule has 1 heterocycles. The van der Waals surface area contributed by atoms with Crippen molar-refractivity contribution in [3.05, 3.63) is 0 Å². The molecule has 2 N–H and O–H groups in total. The first-order valence-electron chi connectivity index (χ1n) is 5.98. The predicted octanol–water partition coefficient (Wildman–Crippen LogP) is 1.85. The SMILES string of the molecule is CC1(C)CCN(CC2(CN)CCC2)C1. The molecule has 2 heteroatoms. The summed E-state index contributed by atoms with van der Waals surface area (Å²) in [5, 5.41) is 0. The minimum atomic E-state index is 0.500. The molecule has 1 saturated heterocycles. The summed E-state index contributed by atoms with van der Waals surface area (Å²) >= 11 is 0. The van der Waals surface area contributed by atoms with Crippen molar-refractivity contribution in [2.45, 2.75) is 39.5 Å². The normalized spacial score (nSPS) is 30.2. The van der Waals surface area contributed by atoms with E-state index in [9.17, 15) is 0 Å². The van der Waals surface area contributed by atoms with Gasteiger partial charge < -0.3 is 10.6 Å². The van der Waals surface area contributed by atoms with E-state index >= 15 is 0 Å². The van der Waals surface area contributed by atoms with Crippen molar-refractivity contribution in [3.8, 4) is 0 Å². The Morgan fingerprint density at radius 2 is 1.93 bits per heavy atom. The molecule has 0 aromatic heterocycles. The molecular weight excluding hydrogens is 172 g/mol. The standard InChI is InChI=1S/C12H24N2/c1-11(2)6-7-14(9-11)10-12(8-13)4-3-5-12/h3-10,13H2,1-2H3. The molecule has 82 valence electrons. The molecule has 2 rings (SSSR count). The summed E-state index contributed by atoms with van der Waals surface area (Å²) in [6.07, 6.45) is 5.48. The minimum absolute atomic E-state index is 0.500. The van der Waals surface area contributed by atoms with Gasteiger partial charge in [0.05, 0.1) is 0 Å². The van der Waals surface area contributed by atoms with Crippen LogP contribution in [0.5, 0.6) is 0 Å². The van der Waals surface area contributed by atoms with Crippen molar-refractivity contribution in [1.82, 2.24) is 4.90 Å². The molecule has 1 saturated carbocycles. The third kappa shape index (κ3) is 1.96. The van der Waals surface area contributed by atoms with E-state index in [-0.39, 0.29) is 0 Å². The fraction of sp³-hybridized carbons (Fsp3) is 1.00. The van der Waals surface area contributed by atoms with Crippen molar-refractivity contribution < 1.29 is 0 Å². The Hall–Kier alpha value is -0.0800. The number of rotatable bonds is 3. The van der Waals surface area contributed by atoms with Gasteiger partial charge in [-0.15, -0.1) is 0 Å². The van der Waals surface area contributed by atoms with Crippen LogP contribution in [0.15, 0.2) is 0 Å². The largest absolute Gasteiger partial charge is 0.330 e. The van der Waals surface area contributed by atoms with Crippen LogP contribution in [0.4, 0.5) is 0 Å². The molecule has 0 unspecified atom stereocenters. The van der Waals surface area contributed by atoms with E-state index in [1.165, 1.54) is 45.3 Å². The van der Waals surface area contributed by atoms with Gasteiger partial charge in [0, 0.05) is 13.1 Å². The Bertz CT molecular complexity index is 201. The fourth-order valence-electron chi connectivity index (χ4n) is 2.94. The van der Waals surface area contributed by atoms with Crippen LogP contribution >= 0.6 is 0 Å². The van der Waals surface area contributed by atoms with Crippen molar-refractivity contribution in [1.29, 1.82) is 0 Å². The summed E-state index contributed by atoms with van der Waals surface area (Å²) in [7, 11) is 0. The number of nitrogens with two attached hydrogens (primary N) is 1. The van der Waals surface area contributed by atoms with Gasteiger partial charge in [0.25, 0.3) is 0 Å². The highest BCUT2D eigenvalue weighted by atomic mass is 15.2. The van der Waals surface area contributed by atoms with E-state index in [1.807, 2.05) is 0 Å². The van der Waals surface area contributed by atoms with Crippen LogP contribution in [0.3, 0.4) is 0 Å². The van der Waals surface area contributed by atoms with Gasteiger partial charge in [-0.25, -0.2) is 0 Å². The maximum atomic E-state index is 5.89. The first-order valence-corrected chi connectivity index (χ1v) is 5.98. The second-order valence-corrected chi connectivity index (χ2v) is 6.18. The van der Waals surface area contributed by atoms with Crippen LogP contribution in [0.25, 0.3) is 0 Å². The Morgan fingerprint density at radius 3 is 2.29 bits per heavy atom. The second-order valence-electron chi connectivity index (χ2n) is 6.18. The zero-order chi connectivity index (χ0) is 10.2. The third-order valence-corrected chi connectivity index (χ3v) is 4.16. The Balaban J connectivity index is 1.86. The number of hydrogen-bond donors (Lipinski definition) is 1. The van der Waals surface area contributed by atoms with Crippen molar-refractivity contribution in [2.24, 2.45) is 16.6 Å². The third-order valence-electron chi connectivity index (χ3n) is 4.16.